The van der Waals surface area contributed by atoms with Crippen molar-refractivity contribution in [2.45, 2.75) is 12.8 Å². The first-order valence-corrected chi connectivity index (χ1v) is 12.6. The van der Waals surface area contributed by atoms with Crippen LogP contribution in [-0.4, -0.2) is 46.6 Å². The molecular weight excluding hydrogens is 526 g/mol. The number of anilines is 4. The number of para-hydroxylation sites is 1. The normalized spacial score (nSPS) is 13.6. The topological polar surface area (TPSA) is 156 Å². The van der Waals surface area contributed by atoms with Gasteiger partial charge in [-0.05, 0) is 49.2 Å². The van der Waals surface area contributed by atoms with E-state index in [1.807, 2.05) is 5.32 Å². The number of pyridine rings is 1. The van der Waals surface area contributed by atoms with Gasteiger partial charge in [0.2, 0.25) is 5.91 Å². The molecule has 1 aliphatic carbocycles. The van der Waals surface area contributed by atoms with Crippen LogP contribution in [0, 0.1) is 5.92 Å². The predicted octanol–water partition coefficient (Wildman–Crippen LogP) is 3.34. The highest BCUT2D eigenvalue weighted by Crippen LogP contribution is 2.34. The fraction of sp³-hybridized carbons (Fsp3) is 0.172. The van der Waals surface area contributed by atoms with Gasteiger partial charge in [-0.25, -0.2) is 0 Å². The van der Waals surface area contributed by atoms with Crippen molar-refractivity contribution in [1.82, 2.24) is 20.1 Å². The van der Waals surface area contributed by atoms with E-state index in [-0.39, 0.29) is 51.6 Å². The molecule has 0 atom stereocenters. The van der Waals surface area contributed by atoms with Gasteiger partial charge in [0, 0.05) is 41.0 Å². The molecule has 3 amide bonds. The van der Waals surface area contributed by atoms with Gasteiger partial charge in [0.15, 0.2) is 17.3 Å². The molecule has 0 unspecified atom stereocenters. The molecule has 1 fully saturated rings. The zero-order valence-electron chi connectivity index (χ0n) is 24.8. The van der Waals surface area contributed by atoms with Gasteiger partial charge in [0.25, 0.3) is 17.4 Å². The smallest absolute Gasteiger partial charge is 0.273 e. The van der Waals surface area contributed by atoms with E-state index in [9.17, 15) is 19.2 Å². The van der Waals surface area contributed by atoms with Gasteiger partial charge in [0.1, 0.15) is 0 Å². The minimum Gasteiger partial charge on any atom is -0.494 e. The summed E-state index contributed by atoms with van der Waals surface area (Å²) in [6, 6.07) is 17.5. The number of carbonyl (C=O) groups excluding carboxylic acids is 3. The Morgan fingerprint density at radius 2 is 1.78 bits per heavy atom. The van der Waals surface area contributed by atoms with Crippen molar-refractivity contribution in [3.63, 3.8) is 0 Å². The Morgan fingerprint density at radius 3 is 2.54 bits per heavy atom. The summed E-state index contributed by atoms with van der Waals surface area (Å²) in [7, 11) is 1.36. The van der Waals surface area contributed by atoms with Crippen molar-refractivity contribution >= 4 is 40.6 Å². The van der Waals surface area contributed by atoms with Crippen LogP contribution in [0.1, 0.15) is 37.8 Å². The van der Waals surface area contributed by atoms with Crippen LogP contribution in [0.4, 0.5) is 22.9 Å². The van der Waals surface area contributed by atoms with Crippen LogP contribution in [-0.2, 0) is 4.79 Å². The summed E-state index contributed by atoms with van der Waals surface area (Å²) in [5, 5.41) is 18.0. The Balaban J connectivity index is 1.44. The lowest BCUT2D eigenvalue weighted by Crippen LogP contribution is -2.22. The van der Waals surface area contributed by atoms with Crippen molar-refractivity contribution < 1.29 is 23.2 Å². The maximum atomic E-state index is 13.4. The van der Waals surface area contributed by atoms with E-state index >= 15 is 0 Å². The lowest BCUT2D eigenvalue weighted by Gasteiger charge is -2.17. The lowest BCUT2D eigenvalue weighted by atomic mass is 10.1. The molecule has 208 valence electrons. The number of nitrogens with one attached hydrogen (secondary N) is 4. The second-order valence-corrected chi connectivity index (χ2v) is 9.13. The average Bonchev–Trinajstić information content (AvgIpc) is 3.83. The van der Waals surface area contributed by atoms with E-state index in [2.05, 4.69) is 26.1 Å². The fourth-order valence-electron chi connectivity index (χ4n) is 4.10. The maximum Gasteiger partial charge on any atom is 0.273 e. The van der Waals surface area contributed by atoms with Gasteiger partial charge in [0.05, 0.1) is 29.7 Å². The molecule has 41 heavy (non-hydrogen) atoms. The molecule has 0 bridgehead atoms. The van der Waals surface area contributed by atoms with E-state index < -0.39 is 18.8 Å². The van der Waals surface area contributed by atoms with Crippen LogP contribution < -0.4 is 31.6 Å². The summed E-state index contributed by atoms with van der Waals surface area (Å²) in [6.45, 7) is -2.80. The van der Waals surface area contributed by atoms with Gasteiger partial charge in [-0.2, -0.15) is 0 Å². The molecule has 4 N–H and O–H groups in total. The molecule has 1 aliphatic rings. The zero-order valence-corrected chi connectivity index (χ0v) is 21.8. The van der Waals surface area contributed by atoms with Crippen molar-refractivity contribution in [3.05, 3.63) is 94.5 Å². The SMILES string of the molecule is [2H]C([2H])([2H])NC(=O)c1nnc(NC(=O)C2CC2)cc1Nc1cccc(C(=O)Nc2cccc(-n3ccccc3=O)c2)c1OC. The maximum absolute atomic E-state index is 13.4. The Kier molecular flexibility index (Phi) is 6.67. The van der Waals surface area contributed by atoms with E-state index in [0.717, 1.165) is 12.8 Å². The van der Waals surface area contributed by atoms with Gasteiger partial charge < -0.3 is 26.0 Å². The number of ether oxygens (including phenoxy) is 1. The predicted molar refractivity (Wildman–Crippen MR) is 153 cm³/mol. The molecular formula is C29H27N7O5. The summed E-state index contributed by atoms with van der Waals surface area (Å²) in [5.74, 6) is -1.80. The molecule has 12 heteroatoms. The molecule has 0 aliphatic heterocycles. The van der Waals surface area contributed by atoms with E-state index in [1.54, 1.807) is 54.7 Å². The minimum absolute atomic E-state index is 0.00436. The molecule has 1 saturated carbocycles. The number of carbonyl (C=O) groups is 3. The summed E-state index contributed by atoms with van der Waals surface area (Å²) in [4.78, 5) is 50.8. The quantitative estimate of drug-likeness (QED) is 0.245. The third-order valence-electron chi connectivity index (χ3n) is 6.26. The summed E-state index contributed by atoms with van der Waals surface area (Å²) in [5.41, 5.74) is 0.733. The highest BCUT2D eigenvalue weighted by atomic mass is 16.5. The standard InChI is InChI=1S/C29H27N7O5/c1-30-29(40)25-22(16-23(34-35-25)33-27(38)17-12-13-17)32-21-10-6-9-20(26(21)41-2)28(39)31-18-7-5-8-19(15-18)36-14-4-3-11-24(36)37/h3-11,14-17H,12-13H2,1-2H3,(H,30,40)(H,31,39)(H2,32,33,34,38)/i1D3. The fourth-order valence-corrected chi connectivity index (χ4v) is 4.10. The van der Waals surface area contributed by atoms with E-state index in [0.29, 0.717) is 11.4 Å². The number of hydrogen-bond acceptors (Lipinski definition) is 8. The second-order valence-electron chi connectivity index (χ2n) is 9.13. The third kappa shape index (κ3) is 6.06. The molecule has 0 radical (unpaired) electrons. The van der Waals surface area contributed by atoms with E-state index in [4.69, 9.17) is 8.85 Å². The van der Waals surface area contributed by atoms with Gasteiger partial charge >= 0.3 is 0 Å². The molecule has 12 nitrogen and oxygen atoms in total. The molecule has 0 spiro atoms. The van der Waals surface area contributed by atoms with Crippen LogP contribution in [0.5, 0.6) is 5.75 Å². The first-order valence-electron chi connectivity index (χ1n) is 14.1. The van der Waals surface area contributed by atoms with Gasteiger partial charge in [-0.1, -0.05) is 18.2 Å². The van der Waals surface area contributed by atoms with Crippen LogP contribution in [0.15, 0.2) is 77.7 Å². The molecule has 2 heterocycles. The molecule has 2 aromatic heterocycles. The number of aromatic nitrogens is 3. The van der Waals surface area contributed by atoms with Crippen molar-refractivity contribution in [1.29, 1.82) is 0 Å². The molecule has 4 aromatic rings. The number of hydrogen-bond donors (Lipinski definition) is 4. The van der Waals surface area contributed by atoms with E-state index in [1.165, 1.54) is 29.9 Å². The number of benzene rings is 2. The largest absolute Gasteiger partial charge is 0.494 e. The van der Waals surface area contributed by atoms with Gasteiger partial charge in [-0.15, -0.1) is 10.2 Å². The summed E-state index contributed by atoms with van der Waals surface area (Å²) >= 11 is 0. The Labute approximate surface area is 239 Å². The monoisotopic (exact) mass is 556 g/mol. The van der Waals surface area contributed by atoms with Crippen LogP contribution in [0.3, 0.4) is 0 Å². The lowest BCUT2D eigenvalue weighted by molar-refractivity contribution is -0.117. The minimum atomic E-state index is -2.80. The average molecular weight is 557 g/mol. The number of methoxy groups -OCH3 is 1. The Bertz CT molecular complexity index is 1800. The van der Waals surface area contributed by atoms with Crippen molar-refractivity contribution in [3.8, 4) is 11.4 Å². The number of rotatable bonds is 9. The van der Waals surface area contributed by atoms with Crippen LogP contribution in [0.2, 0.25) is 0 Å². The van der Waals surface area contributed by atoms with Crippen LogP contribution in [0.25, 0.3) is 5.69 Å². The summed E-state index contributed by atoms with van der Waals surface area (Å²) in [6.07, 6.45) is 3.12. The Hall–Kier alpha value is -5.52. The highest BCUT2D eigenvalue weighted by molar-refractivity contribution is 6.08. The first kappa shape index (κ1) is 23.4. The van der Waals surface area contributed by atoms with Crippen molar-refractivity contribution in [2.75, 3.05) is 30.0 Å². The molecule has 5 rings (SSSR count). The number of nitrogens with zero attached hydrogens (tertiary/aromatic N) is 3. The third-order valence-corrected chi connectivity index (χ3v) is 6.26. The first-order chi connectivity index (χ1) is 21.0. The van der Waals surface area contributed by atoms with Crippen molar-refractivity contribution in [2.24, 2.45) is 5.92 Å². The Morgan fingerprint density at radius 1 is 0.951 bits per heavy atom. The summed E-state index contributed by atoms with van der Waals surface area (Å²) < 4.78 is 29.2. The molecule has 0 saturated heterocycles. The van der Waals surface area contributed by atoms with Gasteiger partial charge in [-0.3, -0.25) is 23.7 Å². The highest BCUT2D eigenvalue weighted by Gasteiger charge is 2.30. The second kappa shape index (κ2) is 11.7. The molecule has 2 aromatic carbocycles. The van der Waals surface area contributed by atoms with Crippen LogP contribution >= 0.6 is 0 Å². The number of amides is 3. The zero-order chi connectivity index (χ0) is 31.4.